The highest BCUT2D eigenvalue weighted by atomic mass is 19.1. The average Bonchev–Trinajstić information content (AvgIpc) is 3.23. The third kappa shape index (κ3) is 3.13. The Bertz CT molecular complexity index is 1300. The zero-order chi connectivity index (χ0) is 20.0. The van der Waals surface area contributed by atoms with Crippen LogP contribution in [0.5, 0.6) is 0 Å². The van der Waals surface area contributed by atoms with Crippen LogP contribution in [0, 0.1) is 11.6 Å². The summed E-state index contributed by atoms with van der Waals surface area (Å²) in [7, 11) is 0. The fraction of sp³-hybridized carbons (Fsp3) is 0.182. The van der Waals surface area contributed by atoms with Gasteiger partial charge in [-0.1, -0.05) is 12.1 Å². The van der Waals surface area contributed by atoms with Gasteiger partial charge in [-0.3, -0.25) is 14.7 Å². The third-order valence-electron chi connectivity index (χ3n) is 5.42. The van der Waals surface area contributed by atoms with Crippen LogP contribution < -0.4 is 5.56 Å². The highest BCUT2D eigenvalue weighted by Gasteiger charge is 2.18. The van der Waals surface area contributed by atoms with E-state index in [1.165, 1.54) is 12.3 Å². The molecule has 5 rings (SSSR count). The zero-order valence-corrected chi connectivity index (χ0v) is 15.5. The second kappa shape index (κ2) is 6.93. The second-order valence-corrected chi connectivity index (χ2v) is 7.23. The lowest BCUT2D eigenvalue weighted by Gasteiger charge is -2.26. The molecule has 1 aliphatic rings. The largest absolute Gasteiger partial charge is 0.316 e. The van der Waals surface area contributed by atoms with Gasteiger partial charge < -0.3 is 9.38 Å². The molecule has 0 radical (unpaired) electrons. The van der Waals surface area contributed by atoms with E-state index in [4.69, 9.17) is 0 Å². The zero-order valence-electron chi connectivity index (χ0n) is 15.5. The fourth-order valence-electron chi connectivity index (χ4n) is 3.90. The molecule has 4 aromatic rings. The molecule has 5 nitrogen and oxygen atoms in total. The van der Waals surface area contributed by atoms with Crippen LogP contribution in [-0.4, -0.2) is 32.4 Å². The number of halogens is 2. The van der Waals surface area contributed by atoms with Gasteiger partial charge in [0, 0.05) is 31.4 Å². The first-order valence-corrected chi connectivity index (χ1v) is 9.44. The van der Waals surface area contributed by atoms with Gasteiger partial charge in [0.25, 0.3) is 5.56 Å². The van der Waals surface area contributed by atoms with Crippen molar-refractivity contribution in [1.29, 1.82) is 0 Å². The molecule has 7 heteroatoms. The first-order chi connectivity index (χ1) is 14.1. The van der Waals surface area contributed by atoms with E-state index in [1.807, 2.05) is 12.1 Å². The van der Waals surface area contributed by atoms with Gasteiger partial charge in [-0.05, 0) is 42.3 Å². The maximum atomic E-state index is 15.1. The quantitative estimate of drug-likeness (QED) is 0.578. The predicted molar refractivity (Wildman–Crippen MR) is 108 cm³/mol. The van der Waals surface area contributed by atoms with E-state index in [9.17, 15) is 9.18 Å². The molecule has 1 N–H and O–H groups in total. The molecule has 0 bridgehead atoms. The Hall–Kier alpha value is -3.32. The summed E-state index contributed by atoms with van der Waals surface area (Å²) in [5.74, 6) is -0.751. The Balaban J connectivity index is 1.41. The van der Waals surface area contributed by atoms with Crippen molar-refractivity contribution in [3.8, 4) is 0 Å². The van der Waals surface area contributed by atoms with E-state index in [2.05, 4.69) is 14.9 Å². The minimum absolute atomic E-state index is 0.222. The van der Waals surface area contributed by atoms with E-state index in [0.717, 1.165) is 24.2 Å². The number of aromatic nitrogens is 3. The summed E-state index contributed by atoms with van der Waals surface area (Å²) >= 11 is 0. The van der Waals surface area contributed by atoms with Crippen LogP contribution in [0.2, 0.25) is 0 Å². The topological polar surface area (TPSA) is 53.4 Å². The third-order valence-corrected chi connectivity index (χ3v) is 5.42. The van der Waals surface area contributed by atoms with Gasteiger partial charge in [-0.25, -0.2) is 8.78 Å². The summed E-state index contributed by atoms with van der Waals surface area (Å²) < 4.78 is 29.9. The van der Waals surface area contributed by atoms with E-state index in [-0.39, 0.29) is 16.9 Å². The molecule has 0 unspecified atom stereocenters. The number of nitrogens with zero attached hydrogens (tertiary/aromatic N) is 3. The van der Waals surface area contributed by atoms with Gasteiger partial charge in [-0.2, -0.15) is 0 Å². The molecule has 1 aliphatic heterocycles. The Morgan fingerprint density at radius 3 is 2.76 bits per heavy atom. The van der Waals surface area contributed by atoms with Crippen molar-refractivity contribution in [3.05, 3.63) is 88.1 Å². The molecule has 0 saturated heterocycles. The van der Waals surface area contributed by atoms with Crippen LogP contribution in [-0.2, 0) is 6.54 Å². The summed E-state index contributed by atoms with van der Waals surface area (Å²) in [6, 6.07) is 10.2. The molecule has 0 aliphatic carbocycles. The molecule has 0 atom stereocenters. The number of benzene rings is 1. The normalized spacial score (nSPS) is 15.2. The summed E-state index contributed by atoms with van der Waals surface area (Å²) in [5.41, 5.74) is 3.42. The number of fused-ring (bicyclic) bond motifs is 3. The second-order valence-electron chi connectivity index (χ2n) is 7.23. The number of hydrogen-bond acceptors (Lipinski definition) is 3. The molecule has 3 aromatic heterocycles. The lowest BCUT2D eigenvalue weighted by molar-refractivity contribution is 0.289. The first-order valence-electron chi connectivity index (χ1n) is 9.44. The summed E-state index contributed by atoms with van der Waals surface area (Å²) in [5, 5.41) is 0. The molecule has 0 spiro atoms. The van der Waals surface area contributed by atoms with Crippen molar-refractivity contribution in [2.75, 3.05) is 13.1 Å². The molecule has 0 amide bonds. The summed E-state index contributed by atoms with van der Waals surface area (Å²) in [6.07, 6.45) is 5.78. The van der Waals surface area contributed by atoms with Crippen LogP contribution >= 0.6 is 0 Å². The van der Waals surface area contributed by atoms with Crippen LogP contribution in [0.25, 0.3) is 22.1 Å². The minimum Gasteiger partial charge on any atom is -0.316 e. The first kappa shape index (κ1) is 17.8. The van der Waals surface area contributed by atoms with E-state index < -0.39 is 5.82 Å². The molecule has 1 aromatic carbocycles. The van der Waals surface area contributed by atoms with Crippen molar-refractivity contribution in [2.45, 2.75) is 13.0 Å². The Labute approximate surface area is 164 Å². The molecular weight excluding hydrogens is 374 g/mol. The van der Waals surface area contributed by atoms with Crippen molar-refractivity contribution in [2.24, 2.45) is 0 Å². The standard InChI is InChI=1S/C22H18F2N4O/c23-16-4-5-17(25-12-16)14-7-10-27(11-8-14)13-15-3-6-18-21(20(15)24)26-22(29)19-2-1-9-28(18)19/h1-7,9,12H,8,10-11,13H2,(H,26,29). The Morgan fingerprint density at radius 1 is 1.10 bits per heavy atom. The van der Waals surface area contributed by atoms with Gasteiger partial charge in [0.2, 0.25) is 0 Å². The number of nitrogens with one attached hydrogen (secondary N) is 1. The summed E-state index contributed by atoms with van der Waals surface area (Å²) in [6.45, 7) is 1.84. The van der Waals surface area contributed by atoms with E-state index >= 15 is 4.39 Å². The van der Waals surface area contributed by atoms with Gasteiger partial charge in [0.1, 0.15) is 16.9 Å². The molecule has 0 fully saturated rings. The number of rotatable bonds is 3. The van der Waals surface area contributed by atoms with Crippen LogP contribution in [0.15, 0.2) is 59.7 Å². The van der Waals surface area contributed by atoms with Crippen molar-refractivity contribution >= 4 is 22.1 Å². The van der Waals surface area contributed by atoms with Gasteiger partial charge in [0.05, 0.1) is 17.4 Å². The van der Waals surface area contributed by atoms with Crippen LogP contribution in [0.4, 0.5) is 8.78 Å². The minimum atomic E-state index is -0.398. The molecule has 29 heavy (non-hydrogen) atoms. The number of aromatic amines is 1. The van der Waals surface area contributed by atoms with Gasteiger partial charge in [-0.15, -0.1) is 0 Å². The molecule has 0 saturated carbocycles. The fourth-order valence-corrected chi connectivity index (χ4v) is 3.90. The van der Waals surface area contributed by atoms with Gasteiger partial charge in [0.15, 0.2) is 5.82 Å². The Kier molecular flexibility index (Phi) is 4.24. The maximum Gasteiger partial charge on any atom is 0.272 e. The smallest absolute Gasteiger partial charge is 0.272 e. The van der Waals surface area contributed by atoms with Crippen molar-refractivity contribution in [3.63, 3.8) is 0 Å². The number of H-pyrrole nitrogens is 1. The van der Waals surface area contributed by atoms with Crippen molar-refractivity contribution < 1.29 is 8.78 Å². The summed E-state index contributed by atoms with van der Waals surface area (Å²) in [4.78, 5) is 21.1. The SMILES string of the molecule is O=c1[nH]c2c(F)c(CN3CC=C(c4ccc(F)cn4)CC3)ccc2n2cccc12. The molecular formula is C22H18F2N4O. The monoisotopic (exact) mass is 392 g/mol. The van der Waals surface area contributed by atoms with E-state index in [0.29, 0.717) is 29.7 Å². The molecule has 146 valence electrons. The maximum absolute atomic E-state index is 15.1. The van der Waals surface area contributed by atoms with Crippen LogP contribution in [0.1, 0.15) is 17.7 Å². The lowest BCUT2D eigenvalue weighted by Crippen LogP contribution is -2.28. The predicted octanol–water partition coefficient (Wildman–Crippen LogP) is 3.74. The van der Waals surface area contributed by atoms with Gasteiger partial charge >= 0.3 is 0 Å². The highest BCUT2D eigenvalue weighted by Crippen LogP contribution is 2.24. The Morgan fingerprint density at radius 2 is 2.00 bits per heavy atom. The lowest BCUT2D eigenvalue weighted by atomic mass is 10.0. The number of pyridine rings is 1. The average molecular weight is 392 g/mol. The van der Waals surface area contributed by atoms with Crippen LogP contribution in [0.3, 0.4) is 0 Å². The number of hydrogen-bond donors (Lipinski definition) is 1. The van der Waals surface area contributed by atoms with Crippen molar-refractivity contribution in [1.82, 2.24) is 19.3 Å². The molecule has 4 heterocycles. The van der Waals surface area contributed by atoms with E-state index in [1.54, 1.807) is 34.9 Å². The highest BCUT2D eigenvalue weighted by molar-refractivity contribution is 5.79.